The number of hydrogen-bond donors (Lipinski definition) is 2. The predicted molar refractivity (Wildman–Crippen MR) is 119 cm³/mol. The van der Waals surface area contributed by atoms with Crippen LogP contribution in [-0.2, 0) is 0 Å². The van der Waals surface area contributed by atoms with Gasteiger partial charge in [0, 0.05) is 28.7 Å². The molecule has 0 radical (unpaired) electrons. The van der Waals surface area contributed by atoms with Gasteiger partial charge in [0.25, 0.3) is 11.8 Å². The van der Waals surface area contributed by atoms with Crippen LogP contribution in [0.25, 0.3) is 10.2 Å². The summed E-state index contributed by atoms with van der Waals surface area (Å²) in [5.41, 5.74) is 6.83. The van der Waals surface area contributed by atoms with Crippen molar-refractivity contribution in [2.45, 2.75) is 45.1 Å². The van der Waals surface area contributed by atoms with Crippen LogP contribution in [0, 0.1) is 5.41 Å². The fraction of sp³-hybridized carbons (Fsp3) is 0.364. The summed E-state index contributed by atoms with van der Waals surface area (Å²) in [6.07, 6.45) is 4.38. The quantitative estimate of drug-likeness (QED) is 0.585. The second-order valence-corrected chi connectivity index (χ2v) is 9.95. The molecule has 1 saturated carbocycles. The summed E-state index contributed by atoms with van der Waals surface area (Å²) < 4.78 is 1.16. The number of amides is 2. The number of aromatic nitrogens is 2. The van der Waals surface area contributed by atoms with E-state index in [0.29, 0.717) is 16.5 Å². The molecule has 8 heteroatoms. The fourth-order valence-electron chi connectivity index (χ4n) is 4.37. The smallest absolute Gasteiger partial charge is 0.267 e. The molecule has 1 aliphatic carbocycles. The Labute approximate surface area is 183 Å². The number of primary amides is 1. The minimum absolute atomic E-state index is 0.00261. The Bertz CT molecular complexity index is 1120. The molecule has 2 heterocycles. The highest BCUT2D eigenvalue weighted by Crippen LogP contribution is 2.54. The zero-order chi connectivity index (χ0) is 21.5. The van der Waals surface area contributed by atoms with Crippen molar-refractivity contribution in [3.05, 3.63) is 57.8 Å². The molecule has 3 N–H and O–H groups in total. The Balaban J connectivity index is 1.34. The number of pyridine rings is 1. The number of hydrogen-bond acceptors (Lipinski definition) is 5. The van der Waals surface area contributed by atoms with Crippen molar-refractivity contribution in [1.29, 1.82) is 0 Å². The summed E-state index contributed by atoms with van der Waals surface area (Å²) in [6.45, 7) is 4.26. The van der Waals surface area contributed by atoms with Crippen LogP contribution in [0.15, 0.2) is 36.5 Å². The number of nitrogens with zero attached hydrogens (tertiary/aromatic N) is 2. The fourth-order valence-corrected chi connectivity index (χ4v) is 5.58. The van der Waals surface area contributed by atoms with Crippen molar-refractivity contribution in [3.8, 4) is 0 Å². The topological polar surface area (TPSA) is 98.0 Å². The lowest BCUT2D eigenvalue weighted by atomic mass is 9.61. The van der Waals surface area contributed by atoms with E-state index in [-0.39, 0.29) is 23.1 Å². The molecular formula is C22H23ClN4O2S. The largest absolute Gasteiger partial charge is 0.364 e. The van der Waals surface area contributed by atoms with Crippen molar-refractivity contribution in [2.24, 2.45) is 11.1 Å². The van der Waals surface area contributed by atoms with Crippen LogP contribution < -0.4 is 11.1 Å². The highest BCUT2D eigenvalue weighted by molar-refractivity contribution is 7.18. The molecule has 2 aromatic heterocycles. The Hall–Kier alpha value is -2.51. The SMILES string of the molecule is C[C@H](CC1(C)CC(c2nc3cc(Cl)ccc3s2)C1)NC(=O)c1ccnc(C(N)=O)c1. The van der Waals surface area contributed by atoms with Gasteiger partial charge in [0.05, 0.1) is 15.2 Å². The molecule has 1 aliphatic rings. The number of nitrogens with one attached hydrogen (secondary N) is 1. The standard InChI is InChI=1S/C22H23ClN4O2S/c1-12(26-20(29)13-5-6-25-17(7-13)19(24)28)9-22(2)10-14(11-22)21-27-16-8-15(23)3-4-18(16)30-21/h3-8,12,14H,9-11H2,1-2H3,(H2,24,28)(H,26,29)/t12-,14?,22?/m1/s1. The van der Waals surface area contributed by atoms with Gasteiger partial charge in [-0.2, -0.15) is 0 Å². The van der Waals surface area contributed by atoms with Gasteiger partial charge in [0.2, 0.25) is 0 Å². The average molecular weight is 443 g/mol. The number of halogens is 1. The molecule has 0 saturated heterocycles. The Kier molecular flexibility index (Phi) is 5.51. The molecule has 156 valence electrons. The van der Waals surface area contributed by atoms with Crippen molar-refractivity contribution in [2.75, 3.05) is 0 Å². The number of nitrogens with two attached hydrogens (primary N) is 1. The van der Waals surface area contributed by atoms with Crippen molar-refractivity contribution in [1.82, 2.24) is 15.3 Å². The number of thiazole rings is 1. The van der Waals surface area contributed by atoms with Crippen LogP contribution in [0.4, 0.5) is 0 Å². The van der Waals surface area contributed by atoms with E-state index < -0.39 is 5.91 Å². The van der Waals surface area contributed by atoms with E-state index in [1.54, 1.807) is 17.4 Å². The van der Waals surface area contributed by atoms with E-state index in [0.717, 1.165) is 34.5 Å². The lowest BCUT2D eigenvalue weighted by Gasteiger charge is -2.46. The zero-order valence-electron chi connectivity index (χ0n) is 16.8. The van der Waals surface area contributed by atoms with Crippen LogP contribution in [0.5, 0.6) is 0 Å². The van der Waals surface area contributed by atoms with Gasteiger partial charge in [-0.25, -0.2) is 4.98 Å². The lowest BCUT2D eigenvalue weighted by Crippen LogP contribution is -2.41. The Morgan fingerprint density at radius 3 is 2.83 bits per heavy atom. The van der Waals surface area contributed by atoms with Crippen LogP contribution in [-0.4, -0.2) is 27.8 Å². The normalized spacial score (nSPS) is 21.8. The molecule has 1 aromatic carbocycles. The molecule has 6 nitrogen and oxygen atoms in total. The molecule has 0 spiro atoms. The second-order valence-electron chi connectivity index (χ2n) is 8.45. The average Bonchev–Trinajstić information content (AvgIpc) is 3.08. The monoisotopic (exact) mass is 442 g/mol. The Morgan fingerprint density at radius 2 is 2.10 bits per heavy atom. The molecule has 0 unspecified atom stereocenters. The molecule has 0 bridgehead atoms. The summed E-state index contributed by atoms with van der Waals surface area (Å²) in [5, 5.41) is 4.89. The van der Waals surface area contributed by atoms with Crippen LogP contribution in [0.1, 0.15) is 64.9 Å². The van der Waals surface area contributed by atoms with Gasteiger partial charge in [-0.15, -0.1) is 11.3 Å². The third kappa shape index (κ3) is 4.32. The summed E-state index contributed by atoms with van der Waals surface area (Å²) in [4.78, 5) is 32.4. The van der Waals surface area contributed by atoms with E-state index in [1.807, 2.05) is 25.1 Å². The first-order valence-electron chi connectivity index (χ1n) is 9.85. The first-order valence-corrected chi connectivity index (χ1v) is 11.0. The van der Waals surface area contributed by atoms with Gasteiger partial charge in [0.1, 0.15) is 5.69 Å². The number of carbonyl (C=O) groups excluding carboxylic acids is 2. The highest BCUT2D eigenvalue weighted by Gasteiger charge is 2.43. The van der Waals surface area contributed by atoms with E-state index in [4.69, 9.17) is 22.3 Å². The number of benzene rings is 1. The van der Waals surface area contributed by atoms with Crippen molar-refractivity contribution < 1.29 is 9.59 Å². The van der Waals surface area contributed by atoms with E-state index in [2.05, 4.69) is 17.2 Å². The van der Waals surface area contributed by atoms with Crippen LogP contribution >= 0.6 is 22.9 Å². The first-order chi connectivity index (χ1) is 14.2. The lowest BCUT2D eigenvalue weighted by molar-refractivity contribution is 0.0834. The minimum Gasteiger partial charge on any atom is -0.364 e. The summed E-state index contributed by atoms with van der Waals surface area (Å²) >= 11 is 7.81. The maximum Gasteiger partial charge on any atom is 0.267 e. The second kappa shape index (κ2) is 7.96. The maximum absolute atomic E-state index is 12.5. The summed E-state index contributed by atoms with van der Waals surface area (Å²) in [7, 11) is 0. The van der Waals surface area contributed by atoms with Gasteiger partial charge in [-0.3, -0.25) is 14.6 Å². The van der Waals surface area contributed by atoms with Gasteiger partial charge in [0.15, 0.2) is 0 Å². The summed E-state index contributed by atoms with van der Waals surface area (Å²) in [6, 6.07) is 8.84. The van der Waals surface area contributed by atoms with Crippen molar-refractivity contribution in [3.63, 3.8) is 0 Å². The molecule has 1 atom stereocenters. The molecule has 2 amide bonds. The predicted octanol–water partition coefficient (Wildman–Crippen LogP) is 4.54. The Morgan fingerprint density at radius 1 is 1.33 bits per heavy atom. The molecule has 30 heavy (non-hydrogen) atoms. The van der Waals surface area contributed by atoms with Gasteiger partial charge in [-0.1, -0.05) is 18.5 Å². The molecule has 1 fully saturated rings. The van der Waals surface area contributed by atoms with E-state index >= 15 is 0 Å². The molecule has 0 aliphatic heterocycles. The number of fused-ring (bicyclic) bond motifs is 1. The van der Waals surface area contributed by atoms with Gasteiger partial charge < -0.3 is 11.1 Å². The maximum atomic E-state index is 12.5. The van der Waals surface area contributed by atoms with E-state index in [1.165, 1.54) is 12.3 Å². The zero-order valence-corrected chi connectivity index (χ0v) is 18.4. The molecule has 3 aromatic rings. The van der Waals surface area contributed by atoms with E-state index in [9.17, 15) is 9.59 Å². The van der Waals surface area contributed by atoms with Crippen molar-refractivity contribution >= 4 is 45.0 Å². The van der Waals surface area contributed by atoms with Crippen LogP contribution in [0.2, 0.25) is 5.02 Å². The first kappa shape index (κ1) is 20.8. The highest BCUT2D eigenvalue weighted by atomic mass is 35.5. The number of rotatable bonds is 6. The van der Waals surface area contributed by atoms with Gasteiger partial charge >= 0.3 is 0 Å². The minimum atomic E-state index is -0.650. The number of carbonyl (C=O) groups is 2. The third-order valence-electron chi connectivity index (χ3n) is 5.64. The summed E-state index contributed by atoms with van der Waals surface area (Å²) in [5.74, 6) is -0.426. The third-order valence-corrected chi connectivity index (χ3v) is 7.08. The molecular weight excluding hydrogens is 420 g/mol. The van der Waals surface area contributed by atoms with Crippen LogP contribution in [0.3, 0.4) is 0 Å². The molecule has 4 rings (SSSR count). The van der Waals surface area contributed by atoms with Gasteiger partial charge in [-0.05, 0) is 61.9 Å².